The molecule has 1 aromatic carbocycles. The third-order valence-corrected chi connectivity index (χ3v) is 4.54. The Morgan fingerprint density at radius 2 is 2.15 bits per heavy atom. The number of rotatable bonds is 5. The lowest BCUT2D eigenvalue weighted by molar-refractivity contribution is -0.122. The maximum Gasteiger partial charge on any atom is 0.271 e. The number of nitrogens with zero attached hydrogens (tertiary/aromatic N) is 1. The minimum absolute atomic E-state index is 0.0815. The van der Waals surface area contributed by atoms with Crippen LogP contribution in [0.2, 0.25) is 0 Å². The van der Waals surface area contributed by atoms with Crippen molar-refractivity contribution in [1.82, 2.24) is 4.98 Å². The van der Waals surface area contributed by atoms with E-state index in [1.54, 1.807) is 17.0 Å². The van der Waals surface area contributed by atoms with Gasteiger partial charge >= 0.3 is 0 Å². The molecule has 0 aliphatic carbocycles. The molecule has 1 saturated heterocycles. The molecule has 1 aliphatic heterocycles. The van der Waals surface area contributed by atoms with Gasteiger partial charge < -0.3 is 19.9 Å². The van der Waals surface area contributed by atoms with Gasteiger partial charge in [-0.1, -0.05) is 12.1 Å². The molecular formula is C18H18BrN3O4. The summed E-state index contributed by atoms with van der Waals surface area (Å²) in [6.45, 7) is 2.59. The topological polar surface area (TPSA) is 91.5 Å². The van der Waals surface area contributed by atoms with Crippen LogP contribution >= 0.6 is 15.9 Å². The van der Waals surface area contributed by atoms with Crippen molar-refractivity contribution >= 4 is 39.1 Å². The van der Waals surface area contributed by atoms with Crippen molar-refractivity contribution in [3.63, 3.8) is 0 Å². The number of aromatic amines is 1. The average molecular weight is 420 g/mol. The molecule has 7 nitrogen and oxygen atoms in total. The van der Waals surface area contributed by atoms with E-state index < -0.39 is 11.5 Å². The normalized spacial score (nSPS) is 16.6. The lowest BCUT2D eigenvalue weighted by atomic mass is 10.1. The third-order valence-electron chi connectivity index (χ3n) is 4.08. The fourth-order valence-electron chi connectivity index (χ4n) is 2.86. The van der Waals surface area contributed by atoms with Crippen LogP contribution in [0.4, 0.5) is 11.4 Å². The zero-order chi connectivity index (χ0) is 18.7. The lowest BCUT2D eigenvalue weighted by Crippen LogP contribution is -2.29. The SMILES string of the molecule is CCOc1ccccc1N1CC(C(=O)Nc2cc(Br)c[nH]c2=O)CC1=O. The Balaban J connectivity index is 1.76. The smallest absolute Gasteiger partial charge is 0.271 e. The predicted octanol–water partition coefficient (Wildman–Crippen LogP) is 2.53. The van der Waals surface area contributed by atoms with Gasteiger partial charge in [0, 0.05) is 23.6 Å². The van der Waals surface area contributed by atoms with E-state index in [0.717, 1.165) is 0 Å². The number of benzene rings is 1. The molecule has 1 aliphatic rings. The number of pyridine rings is 1. The first-order chi connectivity index (χ1) is 12.5. The molecule has 1 atom stereocenters. The number of amides is 2. The summed E-state index contributed by atoms with van der Waals surface area (Å²) >= 11 is 3.24. The van der Waals surface area contributed by atoms with Gasteiger partial charge in [-0.05, 0) is 41.1 Å². The molecule has 0 radical (unpaired) electrons. The molecule has 0 spiro atoms. The van der Waals surface area contributed by atoms with E-state index >= 15 is 0 Å². The van der Waals surface area contributed by atoms with Crippen LogP contribution in [0.25, 0.3) is 0 Å². The molecule has 2 aromatic rings. The summed E-state index contributed by atoms with van der Waals surface area (Å²) < 4.78 is 6.21. The van der Waals surface area contributed by atoms with Crippen LogP contribution in [-0.2, 0) is 9.59 Å². The van der Waals surface area contributed by atoms with Gasteiger partial charge in [-0.15, -0.1) is 0 Å². The molecule has 1 fully saturated rings. The maximum absolute atomic E-state index is 12.5. The van der Waals surface area contributed by atoms with Gasteiger partial charge in [0.15, 0.2) is 0 Å². The van der Waals surface area contributed by atoms with E-state index in [2.05, 4.69) is 26.2 Å². The van der Waals surface area contributed by atoms with Crippen molar-refractivity contribution in [2.24, 2.45) is 5.92 Å². The van der Waals surface area contributed by atoms with Gasteiger partial charge in [0.25, 0.3) is 5.56 Å². The number of ether oxygens (including phenoxy) is 1. The Labute approximate surface area is 158 Å². The molecule has 1 aromatic heterocycles. The molecule has 1 unspecified atom stereocenters. The van der Waals surface area contributed by atoms with E-state index in [1.807, 2.05) is 19.1 Å². The van der Waals surface area contributed by atoms with Crippen molar-refractivity contribution < 1.29 is 14.3 Å². The number of hydrogen-bond acceptors (Lipinski definition) is 4. The number of nitrogens with one attached hydrogen (secondary N) is 2. The van der Waals surface area contributed by atoms with Crippen molar-refractivity contribution in [2.75, 3.05) is 23.4 Å². The Hall–Kier alpha value is -2.61. The van der Waals surface area contributed by atoms with Gasteiger partial charge in [0.1, 0.15) is 11.4 Å². The molecule has 2 N–H and O–H groups in total. The maximum atomic E-state index is 12.5. The quantitative estimate of drug-likeness (QED) is 0.778. The predicted molar refractivity (Wildman–Crippen MR) is 101 cm³/mol. The first-order valence-electron chi connectivity index (χ1n) is 8.21. The molecule has 26 heavy (non-hydrogen) atoms. The van der Waals surface area contributed by atoms with Gasteiger partial charge in [-0.2, -0.15) is 0 Å². The second-order valence-corrected chi connectivity index (χ2v) is 6.77. The zero-order valence-electron chi connectivity index (χ0n) is 14.1. The van der Waals surface area contributed by atoms with Crippen LogP contribution in [0.15, 0.2) is 45.8 Å². The summed E-state index contributed by atoms with van der Waals surface area (Å²) in [5.41, 5.74) is 0.393. The fourth-order valence-corrected chi connectivity index (χ4v) is 3.20. The number of carbonyl (C=O) groups excluding carboxylic acids is 2. The van der Waals surface area contributed by atoms with E-state index in [4.69, 9.17) is 4.74 Å². The molecule has 0 bridgehead atoms. The molecule has 3 rings (SSSR count). The largest absolute Gasteiger partial charge is 0.492 e. The summed E-state index contributed by atoms with van der Waals surface area (Å²) in [4.78, 5) is 40.8. The highest BCUT2D eigenvalue weighted by Gasteiger charge is 2.36. The lowest BCUT2D eigenvalue weighted by Gasteiger charge is -2.20. The van der Waals surface area contributed by atoms with Crippen LogP contribution in [0, 0.1) is 5.92 Å². The zero-order valence-corrected chi connectivity index (χ0v) is 15.7. The van der Waals surface area contributed by atoms with Crippen LogP contribution in [-0.4, -0.2) is 29.9 Å². The molecule has 136 valence electrons. The number of halogens is 1. The van der Waals surface area contributed by atoms with Gasteiger partial charge in [-0.25, -0.2) is 0 Å². The monoisotopic (exact) mass is 419 g/mol. The van der Waals surface area contributed by atoms with E-state index in [9.17, 15) is 14.4 Å². The second-order valence-electron chi connectivity index (χ2n) is 5.86. The van der Waals surface area contributed by atoms with Crippen LogP contribution in [0.1, 0.15) is 13.3 Å². The summed E-state index contributed by atoms with van der Waals surface area (Å²) in [7, 11) is 0. The van der Waals surface area contributed by atoms with Crippen LogP contribution in [0.3, 0.4) is 0 Å². The number of anilines is 2. The third kappa shape index (κ3) is 3.80. The molecule has 2 amide bonds. The highest BCUT2D eigenvalue weighted by molar-refractivity contribution is 9.10. The van der Waals surface area contributed by atoms with Gasteiger partial charge in [-0.3, -0.25) is 14.4 Å². The Morgan fingerprint density at radius 1 is 1.38 bits per heavy atom. The van der Waals surface area contributed by atoms with Crippen molar-refractivity contribution in [3.05, 3.63) is 51.4 Å². The minimum atomic E-state index is -0.546. The standard InChI is InChI=1S/C18H18BrN3O4/c1-2-26-15-6-4-3-5-14(15)22-10-11(7-16(22)23)17(24)21-13-8-12(19)9-20-18(13)25/h3-6,8-9,11H,2,7,10H2,1H3,(H,20,25)(H,21,24). The molecule has 8 heteroatoms. The van der Waals surface area contributed by atoms with Crippen molar-refractivity contribution in [2.45, 2.75) is 13.3 Å². The first kappa shape index (κ1) is 18.2. The number of H-pyrrole nitrogens is 1. The Bertz CT molecular complexity index is 896. The number of hydrogen-bond donors (Lipinski definition) is 2. The van der Waals surface area contributed by atoms with Crippen LogP contribution in [0.5, 0.6) is 5.75 Å². The summed E-state index contributed by atoms with van der Waals surface area (Å²) in [6.07, 6.45) is 1.57. The molecular weight excluding hydrogens is 402 g/mol. The Kier molecular flexibility index (Phi) is 5.41. The summed E-state index contributed by atoms with van der Waals surface area (Å²) in [5.74, 6) is -0.456. The van der Waals surface area contributed by atoms with Crippen LogP contribution < -0.4 is 20.5 Å². The van der Waals surface area contributed by atoms with E-state index in [-0.39, 0.29) is 30.5 Å². The van der Waals surface area contributed by atoms with Gasteiger partial charge in [0.05, 0.1) is 18.2 Å². The minimum Gasteiger partial charge on any atom is -0.492 e. The van der Waals surface area contributed by atoms with E-state index in [1.165, 1.54) is 12.3 Å². The number of carbonyl (C=O) groups is 2. The highest BCUT2D eigenvalue weighted by atomic mass is 79.9. The van der Waals surface area contributed by atoms with Gasteiger partial charge in [0.2, 0.25) is 11.8 Å². The summed E-state index contributed by atoms with van der Waals surface area (Å²) in [6, 6.07) is 8.76. The average Bonchev–Trinajstić information content (AvgIpc) is 3.01. The van der Waals surface area contributed by atoms with Crippen molar-refractivity contribution in [1.29, 1.82) is 0 Å². The number of aromatic nitrogens is 1. The molecule has 0 saturated carbocycles. The van der Waals surface area contributed by atoms with E-state index in [0.29, 0.717) is 22.5 Å². The fraction of sp³-hybridized carbons (Fsp3) is 0.278. The number of para-hydroxylation sites is 2. The first-order valence-corrected chi connectivity index (χ1v) is 9.00. The summed E-state index contributed by atoms with van der Waals surface area (Å²) in [5, 5.41) is 2.60. The van der Waals surface area contributed by atoms with Crippen molar-refractivity contribution in [3.8, 4) is 5.75 Å². The Morgan fingerprint density at radius 3 is 2.92 bits per heavy atom. The highest BCUT2D eigenvalue weighted by Crippen LogP contribution is 2.33. The molecule has 2 heterocycles. The second kappa shape index (κ2) is 7.74.